The average molecular weight is 337 g/mol. The van der Waals surface area contributed by atoms with Gasteiger partial charge in [0.2, 0.25) is 0 Å². The van der Waals surface area contributed by atoms with Gasteiger partial charge in [0.05, 0.1) is 22.4 Å². The molecule has 0 fully saturated rings. The van der Waals surface area contributed by atoms with Gasteiger partial charge in [-0.25, -0.2) is 0 Å². The van der Waals surface area contributed by atoms with Crippen LogP contribution in [0, 0.1) is 6.92 Å². The van der Waals surface area contributed by atoms with Crippen molar-refractivity contribution >= 4 is 15.9 Å². The van der Waals surface area contributed by atoms with Crippen LogP contribution in [-0.2, 0) is 0 Å². The molecule has 108 valence electrons. The second kappa shape index (κ2) is 6.50. The predicted octanol–water partition coefficient (Wildman–Crippen LogP) is 3.63. The Kier molecular flexibility index (Phi) is 4.94. The Hall–Kier alpha value is -1.20. The molecule has 0 aliphatic carbocycles. The minimum Gasteiger partial charge on any atom is -0.305 e. The van der Waals surface area contributed by atoms with Gasteiger partial charge in [-0.3, -0.25) is 9.67 Å². The van der Waals surface area contributed by atoms with Gasteiger partial charge in [0.25, 0.3) is 0 Å². The molecule has 0 radical (unpaired) electrons. The Morgan fingerprint density at radius 3 is 2.60 bits per heavy atom. The average Bonchev–Trinajstić information content (AvgIpc) is 2.79. The fraction of sp³-hybridized carbons (Fsp3) is 0.467. The summed E-state index contributed by atoms with van der Waals surface area (Å²) >= 11 is 3.62. The molecule has 20 heavy (non-hydrogen) atoms. The van der Waals surface area contributed by atoms with Gasteiger partial charge in [0.1, 0.15) is 0 Å². The second-order valence-corrected chi connectivity index (χ2v) is 5.99. The van der Waals surface area contributed by atoms with Crippen molar-refractivity contribution in [1.82, 2.24) is 20.1 Å². The number of halogens is 1. The Balaban J connectivity index is 2.48. The Bertz CT molecular complexity index is 560. The molecule has 0 aliphatic heterocycles. The van der Waals surface area contributed by atoms with Crippen molar-refractivity contribution in [3.05, 3.63) is 46.0 Å². The molecule has 2 aromatic heterocycles. The summed E-state index contributed by atoms with van der Waals surface area (Å²) in [5.41, 5.74) is 3.33. The molecule has 0 spiro atoms. The number of aryl methyl sites for hydroxylation is 1. The van der Waals surface area contributed by atoms with Crippen LogP contribution in [0.2, 0.25) is 0 Å². The van der Waals surface area contributed by atoms with E-state index in [1.807, 2.05) is 25.4 Å². The van der Waals surface area contributed by atoms with Crippen LogP contribution in [-0.4, -0.2) is 21.3 Å². The predicted molar refractivity (Wildman–Crippen MR) is 84.8 cm³/mol. The zero-order valence-electron chi connectivity index (χ0n) is 12.4. The highest BCUT2D eigenvalue weighted by atomic mass is 79.9. The van der Waals surface area contributed by atoms with Crippen LogP contribution in [0.25, 0.3) is 0 Å². The molecule has 0 saturated heterocycles. The first-order chi connectivity index (χ1) is 9.54. The quantitative estimate of drug-likeness (QED) is 0.906. The summed E-state index contributed by atoms with van der Waals surface area (Å²) in [6.45, 7) is 9.27. The van der Waals surface area contributed by atoms with E-state index in [-0.39, 0.29) is 6.04 Å². The Morgan fingerprint density at radius 1 is 1.30 bits per heavy atom. The normalized spacial score (nSPS) is 12.9. The van der Waals surface area contributed by atoms with Crippen molar-refractivity contribution in [2.75, 3.05) is 6.54 Å². The van der Waals surface area contributed by atoms with Gasteiger partial charge in [-0.2, -0.15) is 5.10 Å². The molecule has 1 atom stereocenters. The first kappa shape index (κ1) is 15.2. The molecule has 4 nitrogen and oxygen atoms in total. The summed E-state index contributed by atoms with van der Waals surface area (Å²) < 4.78 is 3.08. The lowest BCUT2D eigenvalue weighted by Gasteiger charge is -2.22. The summed E-state index contributed by atoms with van der Waals surface area (Å²) in [5, 5.41) is 8.00. The van der Waals surface area contributed by atoms with E-state index in [1.54, 1.807) is 0 Å². The maximum atomic E-state index is 4.47. The molecule has 2 rings (SSSR count). The summed E-state index contributed by atoms with van der Waals surface area (Å²) in [6.07, 6.45) is 3.80. The zero-order chi connectivity index (χ0) is 14.7. The van der Waals surface area contributed by atoms with Crippen molar-refractivity contribution in [2.45, 2.75) is 39.8 Å². The molecule has 0 saturated carbocycles. The summed E-state index contributed by atoms with van der Waals surface area (Å²) in [7, 11) is 0. The monoisotopic (exact) mass is 336 g/mol. The highest BCUT2D eigenvalue weighted by molar-refractivity contribution is 9.10. The molecule has 0 bridgehead atoms. The van der Waals surface area contributed by atoms with Crippen LogP contribution in [0.3, 0.4) is 0 Å². The molecule has 5 heteroatoms. The van der Waals surface area contributed by atoms with Crippen LogP contribution in [0.5, 0.6) is 0 Å². The molecule has 2 heterocycles. The van der Waals surface area contributed by atoms with Crippen LogP contribution < -0.4 is 5.32 Å². The van der Waals surface area contributed by atoms with Gasteiger partial charge in [0, 0.05) is 17.9 Å². The van der Waals surface area contributed by atoms with Crippen LogP contribution in [0.15, 0.2) is 29.0 Å². The van der Waals surface area contributed by atoms with Gasteiger partial charge in [0.15, 0.2) is 0 Å². The van der Waals surface area contributed by atoms with Crippen LogP contribution in [0.1, 0.15) is 49.8 Å². The molecule has 0 amide bonds. The van der Waals surface area contributed by atoms with E-state index >= 15 is 0 Å². The molecule has 2 aromatic rings. The number of hydrogen-bond acceptors (Lipinski definition) is 3. The molecule has 0 aromatic carbocycles. The minimum atomic E-state index is 0.0902. The Labute approximate surface area is 128 Å². The van der Waals surface area contributed by atoms with E-state index in [0.717, 1.165) is 28.0 Å². The zero-order valence-corrected chi connectivity index (χ0v) is 14.0. The first-order valence-corrected chi connectivity index (χ1v) is 7.72. The third-order valence-electron chi connectivity index (χ3n) is 3.23. The fourth-order valence-electron chi connectivity index (χ4n) is 2.26. The number of aromatic nitrogens is 3. The number of nitrogens with zero attached hydrogens (tertiary/aromatic N) is 3. The molecule has 1 N–H and O–H groups in total. The minimum absolute atomic E-state index is 0.0902. The molecular weight excluding hydrogens is 316 g/mol. The number of nitrogens with one attached hydrogen (secondary N) is 1. The van der Waals surface area contributed by atoms with E-state index in [0.29, 0.717) is 6.04 Å². The van der Waals surface area contributed by atoms with Gasteiger partial charge in [-0.15, -0.1) is 0 Å². The van der Waals surface area contributed by atoms with Gasteiger partial charge in [-0.05, 0) is 54.9 Å². The van der Waals surface area contributed by atoms with Crippen molar-refractivity contribution < 1.29 is 0 Å². The van der Waals surface area contributed by atoms with Gasteiger partial charge >= 0.3 is 0 Å². The first-order valence-electron chi connectivity index (χ1n) is 6.93. The third-order valence-corrected chi connectivity index (χ3v) is 3.84. The fourth-order valence-corrected chi connectivity index (χ4v) is 2.76. The van der Waals surface area contributed by atoms with Crippen molar-refractivity contribution in [3.8, 4) is 0 Å². The van der Waals surface area contributed by atoms with Crippen LogP contribution in [0.4, 0.5) is 0 Å². The SMILES string of the molecule is CCNC(c1ccc(C)nc1)c1c(Br)cnn1C(C)C. The lowest BCUT2D eigenvalue weighted by atomic mass is 10.0. The lowest BCUT2D eigenvalue weighted by molar-refractivity contribution is 0.475. The lowest BCUT2D eigenvalue weighted by Crippen LogP contribution is -2.26. The highest BCUT2D eigenvalue weighted by Gasteiger charge is 2.22. The van der Waals surface area contributed by atoms with E-state index in [9.17, 15) is 0 Å². The second-order valence-electron chi connectivity index (χ2n) is 5.14. The van der Waals surface area contributed by atoms with E-state index < -0.39 is 0 Å². The summed E-state index contributed by atoms with van der Waals surface area (Å²) in [5.74, 6) is 0. The summed E-state index contributed by atoms with van der Waals surface area (Å²) in [4.78, 5) is 4.41. The smallest absolute Gasteiger partial charge is 0.0774 e. The maximum absolute atomic E-state index is 4.47. The number of pyridine rings is 1. The number of rotatable bonds is 5. The maximum Gasteiger partial charge on any atom is 0.0774 e. The molecule has 0 aliphatic rings. The van der Waals surface area contributed by atoms with Crippen LogP contribution >= 0.6 is 15.9 Å². The van der Waals surface area contributed by atoms with Crippen molar-refractivity contribution in [1.29, 1.82) is 0 Å². The van der Waals surface area contributed by atoms with Gasteiger partial charge < -0.3 is 5.32 Å². The summed E-state index contributed by atoms with van der Waals surface area (Å²) in [6, 6.07) is 4.58. The van der Waals surface area contributed by atoms with Crippen molar-refractivity contribution in [3.63, 3.8) is 0 Å². The van der Waals surface area contributed by atoms with E-state index in [1.165, 1.54) is 0 Å². The third kappa shape index (κ3) is 3.10. The highest BCUT2D eigenvalue weighted by Crippen LogP contribution is 2.30. The number of hydrogen-bond donors (Lipinski definition) is 1. The largest absolute Gasteiger partial charge is 0.305 e. The van der Waals surface area contributed by atoms with Crippen molar-refractivity contribution in [2.24, 2.45) is 0 Å². The molecular formula is C15H21BrN4. The topological polar surface area (TPSA) is 42.7 Å². The van der Waals surface area contributed by atoms with E-state index in [4.69, 9.17) is 0 Å². The molecule has 1 unspecified atom stereocenters. The van der Waals surface area contributed by atoms with E-state index in [2.05, 4.69) is 62.8 Å². The van der Waals surface area contributed by atoms with Gasteiger partial charge in [-0.1, -0.05) is 13.0 Å². The Morgan fingerprint density at radius 2 is 2.05 bits per heavy atom. The standard InChI is InChI=1S/C15H21BrN4/c1-5-17-14(12-7-6-11(4)18-8-12)15-13(16)9-19-20(15)10(2)3/h6-10,14,17H,5H2,1-4H3.